The molecule has 7 nitrogen and oxygen atoms in total. The van der Waals surface area contributed by atoms with E-state index in [2.05, 4.69) is 27.9 Å². The lowest BCUT2D eigenvalue weighted by molar-refractivity contribution is 0.0913. The first-order chi connectivity index (χ1) is 14.9. The predicted molar refractivity (Wildman–Crippen MR) is 121 cm³/mol. The summed E-state index contributed by atoms with van der Waals surface area (Å²) in [5.74, 6) is 0.581. The highest BCUT2D eigenvalue weighted by atomic mass is 35.5. The minimum absolute atomic E-state index is 0.203. The highest BCUT2D eigenvalue weighted by molar-refractivity contribution is 6.35. The number of halogens is 1. The van der Waals surface area contributed by atoms with Crippen molar-refractivity contribution in [1.29, 1.82) is 0 Å². The lowest BCUT2D eigenvalue weighted by Crippen LogP contribution is -2.52. The first-order valence-electron chi connectivity index (χ1n) is 11.3. The number of likely N-dealkylation sites (tertiary alicyclic amines) is 1. The van der Waals surface area contributed by atoms with E-state index in [0.29, 0.717) is 28.8 Å². The van der Waals surface area contributed by atoms with Gasteiger partial charge in [0, 0.05) is 17.5 Å². The molecule has 1 aliphatic carbocycles. The van der Waals surface area contributed by atoms with Gasteiger partial charge >= 0.3 is 6.03 Å². The van der Waals surface area contributed by atoms with Crippen molar-refractivity contribution < 1.29 is 14.0 Å². The second kappa shape index (κ2) is 8.02. The maximum Gasteiger partial charge on any atom is 0.319 e. The van der Waals surface area contributed by atoms with E-state index < -0.39 is 5.54 Å². The molecule has 8 heteroatoms. The number of carbonyl (C=O) groups excluding carboxylic acids is 2. The van der Waals surface area contributed by atoms with Gasteiger partial charge in [0.05, 0.1) is 16.2 Å². The van der Waals surface area contributed by atoms with Gasteiger partial charge in [-0.1, -0.05) is 30.9 Å². The third kappa shape index (κ3) is 3.78. The Labute approximate surface area is 186 Å². The molecule has 3 N–H and O–H groups in total. The summed E-state index contributed by atoms with van der Waals surface area (Å²) in [5, 5.41) is 10.3. The molecule has 2 aromatic rings. The molecule has 1 spiro atoms. The van der Waals surface area contributed by atoms with E-state index in [9.17, 15) is 9.59 Å². The van der Waals surface area contributed by atoms with Gasteiger partial charge in [-0.05, 0) is 63.9 Å². The standard InChI is InChI=1S/C23H29ClN4O3/c1-28-9-5-14(6-10-28)13-25-21(29)17-12-15-11-16(24)19-18(20(15)31-17)23(27-22(30)26-19)7-3-2-4-8-23/h11-12,14H,2-10,13H2,1H3,(H,25,29)(H2,26,27,30). The fourth-order valence-corrected chi connectivity index (χ4v) is 5.64. The van der Waals surface area contributed by atoms with Crippen LogP contribution >= 0.6 is 11.6 Å². The molecule has 2 fully saturated rings. The van der Waals surface area contributed by atoms with Crippen molar-refractivity contribution in [3.8, 4) is 0 Å². The molecule has 0 radical (unpaired) electrons. The second-order valence-electron chi connectivity index (χ2n) is 9.32. The smallest absolute Gasteiger partial charge is 0.319 e. The van der Waals surface area contributed by atoms with Crippen LogP contribution in [0.25, 0.3) is 11.0 Å². The van der Waals surface area contributed by atoms with Crippen LogP contribution in [0.15, 0.2) is 16.5 Å². The first-order valence-corrected chi connectivity index (χ1v) is 11.7. The van der Waals surface area contributed by atoms with Gasteiger partial charge in [-0.15, -0.1) is 0 Å². The maximum atomic E-state index is 12.9. The summed E-state index contributed by atoms with van der Waals surface area (Å²) in [4.78, 5) is 27.6. The molecule has 1 saturated carbocycles. The molecule has 2 aliphatic heterocycles. The average Bonchev–Trinajstić information content (AvgIpc) is 3.17. The zero-order chi connectivity index (χ0) is 21.6. The van der Waals surface area contributed by atoms with Crippen LogP contribution in [0, 0.1) is 5.92 Å². The van der Waals surface area contributed by atoms with Crippen molar-refractivity contribution in [2.45, 2.75) is 50.5 Å². The molecule has 0 bridgehead atoms. The zero-order valence-electron chi connectivity index (χ0n) is 17.9. The lowest BCUT2D eigenvalue weighted by atomic mass is 9.74. The number of carbonyl (C=O) groups is 2. The Kier molecular flexibility index (Phi) is 5.34. The van der Waals surface area contributed by atoms with Gasteiger partial charge in [0.15, 0.2) is 5.76 Å². The van der Waals surface area contributed by atoms with E-state index in [4.69, 9.17) is 16.0 Å². The molecule has 3 heterocycles. The Morgan fingerprint density at radius 1 is 1.26 bits per heavy atom. The van der Waals surface area contributed by atoms with E-state index in [1.165, 1.54) is 0 Å². The molecular formula is C23H29ClN4O3. The van der Waals surface area contributed by atoms with Gasteiger partial charge < -0.3 is 25.3 Å². The summed E-state index contributed by atoms with van der Waals surface area (Å²) in [7, 11) is 2.13. The van der Waals surface area contributed by atoms with Gasteiger partial charge in [-0.3, -0.25) is 4.79 Å². The third-order valence-electron chi connectivity index (χ3n) is 7.15. The normalized spacial score (nSPS) is 21.5. The third-order valence-corrected chi connectivity index (χ3v) is 7.45. The fourth-order valence-electron chi connectivity index (χ4n) is 5.39. The number of urea groups is 1. The topological polar surface area (TPSA) is 86.6 Å². The van der Waals surface area contributed by atoms with Crippen LogP contribution in [-0.4, -0.2) is 43.5 Å². The number of nitrogens with zero attached hydrogens (tertiary/aromatic N) is 1. The van der Waals surface area contributed by atoms with Gasteiger partial charge in [-0.2, -0.15) is 0 Å². The lowest BCUT2D eigenvalue weighted by Gasteiger charge is -2.42. The van der Waals surface area contributed by atoms with Crippen LogP contribution in [-0.2, 0) is 5.54 Å². The van der Waals surface area contributed by atoms with E-state index in [0.717, 1.165) is 69.0 Å². The Bertz CT molecular complexity index is 1020. The summed E-state index contributed by atoms with van der Waals surface area (Å²) in [6.07, 6.45) is 7.05. The number of hydrogen-bond acceptors (Lipinski definition) is 4. The number of nitrogens with one attached hydrogen (secondary N) is 3. The minimum atomic E-state index is -0.501. The molecule has 0 unspecified atom stereocenters. The van der Waals surface area contributed by atoms with Crippen LogP contribution in [0.2, 0.25) is 5.02 Å². The molecule has 3 amide bonds. The van der Waals surface area contributed by atoms with E-state index in [-0.39, 0.29) is 17.7 Å². The van der Waals surface area contributed by atoms with Crippen molar-refractivity contribution in [1.82, 2.24) is 15.5 Å². The Balaban J connectivity index is 1.45. The van der Waals surface area contributed by atoms with Crippen molar-refractivity contribution in [3.05, 3.63) is 28.5 Å². The molecule has 1 aromatic heterocycles. The van der Waals surface area contributed by atoms with Crippen LogP contribution in [0.1, 0.15) is 61.1 Å². The van der Waals surface area contributed by atoms with Gasteiger partial charge in [0.2, 0.25) is 0 Å². The summed E-state index contributed by atoms with van der Waals surface area (Å²) < 4.78 is 6.13. The Morgan fingerprint density at radius 3 is 2.74 bits per heavy atom. The number of hydrogen-bond donors (Lipinski definition) is 3. The van der Waals surface area contributed by atoms with Gasteiger partial charge in [-0.25, -0.2) is 4.79 Å². The largest absolute Gasteiger partial charge is 0.450 e. The van der Waals surface area contributed by atoms with Crippen LogP contribution < -0.4 is 16.0 Å². The number of rotatable bonds is 3. The zero-order valence-corrected chi connectivity index (χ0v) is 18.6. The summed E-state index contributed by atoms with van der Waals surface area (Å²) in [6, 6.07) is 3.30. The van der Waals surface area contributed by atoms with E-state index in [1.807, 2.05) is 0 Å². The minimum Gasteiger partial charge on any atom is -0.450 e. The molecule has 31 heavy (non-hydrogen) atoms. The van der Waals surface area contributed by atoms with Gasteiger partial charge in [0.25, 0.3) is 5.91 Å². The number of fused-ring (bicyclic) bond motifs is 4. The second-order valence-corrected chi connectivity index (χ2v) is 9.72. The molecule has 0 atom stereocenters. The summed E-state index contributed by atoms with van der Waals surface area (Å²) in [5.41, 5.74) is 1.62. The van der Waals surface area contributed by atoms with Crippen molar-refractivity contribution >= 4 is 40.2 Å². The van der Waals surface area contributed by atoms with Crippen molar-refractivity contribution in [2.24, 2.45) is 5.92 Å². The SMILES string of the molecule is CN1CCC(CNC(=O)c2cc3cc(Cl)c4c(c3o2)C2(CCCCC2)NC(=O)N4)CC1. The monoisotopic (exact) mass is 444 g/mol. The van der Waals surface area contributed by atoms with Crippen molar-refractivity contribution in [2.75, 3.05) is 32.0 Å². The van der Waals surface area contributed by atoms with Crippen LogP contribution in [0.5, 0.6) is 0 Å². The number of piperidine rings is 1. The van der Waals surface area contributed by atoms with Crippen molar-refractivity contribution in [3.63, 3.8) is 0 Å². The fraction of sp³-hybridized carbons (Fsp3) is 0.565. The average molecular weight is 445 g/mol. The predicted octanol–water partition coefficient (Wildman–Crippen LogP) is 4.45. The number of benzene rings is 1. The number of furan rings is 1. The number of amides is 3. The number of anilines is 1. The van der Waals surface area contributed by atoms with Crippen LogP contribution in [0.4, 0.5) is 10.5 Å². The molecule has 1 aromatic carbocycles. The van der Waals surface area contributed by atoms with Gasteiger partial charge in [0.1, 0.15) is 5.58 Å². The quantitative estimate of drug-likeness (QED) is 0.652. The molecule has 1 saturated heterocycles. The highest BCUT2D eigenvalue weighted by Gasteiger charge is 2.43. The maximum absolute atomic E-state index is 12.9. The highest BCUT2D eigenvalue weighted by Crippen LogP contribution is 2.48. The molecule has 166 valence electrons. The van der Waals surface area contributed by atoms with E-state index in [1.54, 1.807) is 12.1 Å². The summed E-state index contributed by atoms with van der Waals surface area (Å²) >= 11 is 6.56. The first kappa shape index (κ1) is 20.6. The van der Waals surface area contributed by atoms with E-state index >= 15 is 0 Å². The molecule has 5 rings (SSSR count). The molecular weight excluding hydrogens is 416 g/mol. The Hall–Kier alpha value is -2.25. The molecule has 3 aliphatic rings. The Morgan fingerprint density at radius 2 is 2.00 bits per heavy atom. The summed E-state index contributed by atoms with van der Waals surface area (Å²) in [6.45, 7) is 2.79. The van der Waals surface area contributed by atoms with Crippen LogP contribution in [0.3, 0.4) is 0 Å².